The number of halogens is 1. The second-order valence-corrected chi connectivity index (χ2v) is 5.89. The second kappa shape index (κ2) is 7.52. The third kappa shape index (κ3) is 6.15. The first-order chi connectivity index (χ1) is 8.47. The lowest BCUT2D eigenvalue weighted by molar-refractivity contribution is 0.373. The zero-order valence-electron chi connectivity index (χ0n) is 12.0. The molecular formula is C16H26FN. The SMILES string of the molecule is CC(C)CC(CNC(C)C)Cc1ccc(F)cc1. The molecule has 0 heterocycles. The van der Waals surface area contributed by atoms with E-state index in [0.717, 1.165) is 13.0 Å². The Balaban J connectivity index is 2.56. The van der Waals surface area contributed by atoms with Crippen molar-refractivity contribution < 1.29 is 4.39 Å². The minimum atomic E-state index is -0.153. The van der Waals surface area contributed by atoms with Gasteiger partial charge in [0.2, 0.25) is 0 Å². The van der Waals surface area contributed by atoms with Gasteiger partial charge in [0.05, 0.1) is 0 Å². The summed E-state index contributed by atoms with van der Waals surface area (Å²) in [7, 11) is 0. The molecule has 0 saturated heterocycles. The molecule has 1 N–H and O–H groups in total. The molecule has 0 saturated carbocycles. The predicted octanol–water partition coefficient (Wildman–Crippen LogP) is 4.03. The molecule has 0 radical (unpaired) electrons. The van der Waals surface area contributed by atoms with E-state index < -0.39 is 0 Å². The summed E-state index contributed by atoms with van der Waals surface area (Å²) >= 11 is 0. The maximum absolute atomic E-state index is 12.9. The minimum Gasteiger partial charge on any atom is -0.314 e. The molecule has 0 bridgehead atoms. The van der Waals surface area contributed by atoms with Crippen LogP contribution in [0, 0.1) is 17.7 Å². The van der Waals surface area contributed by atoms with E-state index in [9.17, 15) is 4.39 Å². The van der Waals surface area contributed by atoms with Gasteiger partial charge in [-0.25, -0.2) is 4.39 Å². The zero-order chi connectivity index (χ0) is 13.5. The molecule has 18 heavy (non-hydrogen) atoms. The van der Waals surface area contributed by atoms with Crippen LogP contribution >= 0.6 is 0 Å². The van der Waals surface area contributed by atoms with Gasteiger partial charge in [-0.3, -0.25) is 0 Å². The van der Waals surface area contributed by atoms with Crippen molar-refractivity contribution in [2.45, 2.75) is 46.6 Å². The van der Waals surface area contributed by atoms with Crippen molar-refractivity contribution in [3.63, 3.8) is 0 Å². The van der Waals surface area contributed by atoms with Crippen LogP contribution in [0.3, 0.4) is 0 Å². The molecule has 0 aliphatic carbocycles. The molecule has 0 spiro atoms. The molecule has 0 aliphatic heterocycles. The topological polar surface area (TPSA) is 12.0 Å². The fourth-order valence-corrected chi connectivity index (χ4v) is 2.26. The van der Waals surface area contributed by atoms with Crippen LogP contribution in [-0.2, 0) is 6.42 Å². The van der Waals surface area contributed by atoms with Crippen LogP contribution in [0.5, 0.6) is 0 Å². The monoisotopic (exact) mass is 251 g/mol. The lowest BCUT2D eigenvalue weighted by atomic mass is 9.90. The van der Waals surface area contributed by atoms with Gasteiger partial charge >= 0.3 is 0 Å². The fourth-order valence-electron chi connectivity index (χ4n) is 2.26. The van der Waals surface area contributed by atoms with Gasteiger partial charge in [0.15, 0.2) is 0 Å². The lowest BCUT2D eigenvalue weighted by Gasteiger charge is -2.21. The van der Waals surface area contributed by atoms with Crippen LogP contribution in [0.2, 0.25) is 0 Å². The number of hydrogen-bond donors (Lipinski definition) is 1. The molecular weight excluding hydrogens is 225 g/mol. The molecule has 1 aromatic rings. The summed E-state index contributed by atoms with van der Waals surface area (Å²) in [5.74, 6) is 1.17. The Labute approximate surface area is 111 Å². The summed E-state index contributed by atoms with van der Waals surface area (Å²) in [5, 5.41) is 3.51. The predicted molar refractivity (Wildman–Crippen MR) is 76.2 cm³/mol. The van der Waals surface area contributed by atoms with Crippen molar-refractivity contribution in [1.29, 1.82) is 0 Å². The molecule has 0 amide bonds. The Morgan fingerprint density at radius 2 is 1.67 bits per heavy atom. The van der Waals surface area contributed by atoms with Gasteiger partial charge in [0, 0.05) is 6.04 Å². The Morgan fingerprint density at radius 1 is 1.06 bits per heavy atom. The van der Waals surface area contributed by atoms with Crippen LogP contribution in [0.25, 0.3) is 0 Å². The van der Waals surface area contributed by atoms with E-state index in [2.05, 4.69) is 33.0 Å². The molecule has 1 rings (SSSR count). The number of nitrogens with one attached hydrogen (secondary N) is 1. The maximum atomic E-state index is 12.9. The number of rotatable bonds is 7. The normalized spacial score (nSPS) is 13.3. The second-order valence-electron chi connectivity index (χ2n) is 5.89. The molecule has 1 nitrogen and oxygen atoms in total. The van der Waals surface area contributed by atoms with E-state index in [-0.39, 0.29) is 5.82 Å². The van der Waals surface area contributed by atoms with E-state index in [1.807, 2.05) is 12.1 Å². The first-order valence-electron chi connectivity index (χ1n) is 6.95. The summed E-state index contributed by atoms with van der Waals surface area (Å²) in [6.45, 7) is 9.89. The van der Waals surface area contributed by atoms with Crippen molar-refractivity contribution >= 4 is 0 Å². The van der Waals surface area contributed by atoms with Crippen molar-refractivity contribution in [2.24, 2.45) is 11.8 Å². The van der Waals surface area contributed by atoms with Gasteiger partial charge in [0.25, 0.3) is 0 Å². The van der Waals surface area contributed by atoms with Gasteiger partial charge in [-0.1, -0.05) is 39.8 Å². The van der Waals surface area contributed by atoms with E-state index in [1.165, 1.54) is 12.0 Å². The summed E-state index contributed by atoms with van der Waals surface area (Å²) < 4.78 is 12.9. The standard InChI is InChI=1S/C16H26FN/c1-12(2)9-15(11-18-13(3)4)10-14-5-7-16(17)8-6-14/h5-8,12-13,15,18H,9-11H2,1-4H3. The molecule has 1 aromatic carbocycles. The van der Waals surface area contributed by atoms with Gasteiger partial charge in [-0.15, -0.1) is 0 Å². The molecule has 0 aliphatic rings. The summed E-state index contributed by atoms with van der Waals surface area (Å²) in [4.78, 5) is 0. The Hall–Kier alpha value is -0.890. The Morgan fingerprint density at radius 3 is 2.17 bits per heavy atom. The van der Waals surface area contributed by atoms with Crippen LogP contribution in [-0.4, -0.2) is 12.6 Å². The van der Waals surface area contributed by atoms with E-state index in [1.54, 1.807) is 12.1 Å². The highest BCUT2D eigenvalue weighted by Gasteiger charge is 2.12. The average molecular weight is 251 g/mol. The van der Waals surface area contributed by atoms with Crippen LogP contribution in [0.4, 0.5) is 4.39 Å². The largest absolute Gasteiger partial charge is 0.314 e. The Kier molecular flexibility index (Phi) is 6.34. The molecule has 0 fully saturated rings. The maximum Gasteiger partial charge on any atom is 0.123 e. The average Bonchev–Trinajstić information content (AvgIpc) is 2.28. The molecule has 2 heteroatoms. The third-order valence-corrected chi connectivity index (χ3v) is 3.06. The van der Waals surface area contributed by atoms with Gasteiger partial charge in [0.1, 0.15) is 5.82 Å². The number of hydrogen-bond acceptors (Lipinski definition) is 1. The van der Waals surface area contributed by atoms with E-state index in [4.69, 9.17) is 0 Å². The number of benzene rings is 1. The highest BCUT2D eigenvalue weighted by atomic mass is 19.1. The van der Waals surface area contributed by atoms with Crippen LogP contribution in [0.15, 0.2) is 24.3 Å². The van der Waals surface area contributed by atoms with Gasteiger partial charge in [-0.05, 0) is 48.9 Å². The fraction of sp³-hybridized carbons (Fsp3) is 0.625. The minimum absolute atomic E-state index is 0.153. The van der Waals surface area contributed by atoms with Gasteiger partial charge < -0.3 is 5.32 Å². The summed E-state index contributed by atoms with van der Waals surface area (Å²) in [6, 6.07) is 7.43. The highest BCUT2D eigenvalue weighted by Crippen LogP contribution is 2.17. The quantitative estimate of drug-likeness (QED) is 0.771. The molecule has 102 valence electrons. The molecule has 1 atom stereocenters. The van der Waals surface area contributed by atoms with Crippen molar-refractivity contribution in [3.05, 3.63) is 35.6 Å². The third-order valence-electron chi connectivity index (χ3n) is 3.06. The summed E-state index contributed by atoms with van der Waals surface area (Å²) in [6.07, 6.45) is 2.23. The van der Waals surface area contributed by atoms with Crippen molar-refractivity contribution in [2.75, 3.05) is 6.54 Å². The van der Waals surface area contributed by atoms with Crippen molar-refractivity contribution in [1.82, 2.24) is 5.32 Å². The highest BCUT2D eigenvalue weighted by molar-refractivity contribution is 5.16. The smallest absolute Gasteiger partial charge is 0.123 e. The molecule has 0 aromatic heterocycles. The first-order valence-corrected chi connectivity index (χ1v) is 6.95. The van der Waals surface area contributed by atoms with E-state index in [0.29, 0.717) is 17.9 Å². The van der Waals surface area contributed by atoms with Gasteiger partial charge in [-0.2, -0.15) is 0 Å². The van der Waals surface area contributed by atoms with Crippen LogP contribution < -0.4 is 5.32 Å². The Bertz CT molecular complexity index is 329. The zero-order valence-corrected chi connectivity index (χ0v) is 12.0. The van der Waals surface area contributed by atoms with Crippen LogP contribution in [0.1, 0.15) is 39.7 Å². The van der Waals surface area contributed by atoms with Crippen molar-refractivity contribution in [3.8, 4) is 0 Å². The first kappa shape index (κ1) is 15.2. The molecule has 1 unspecified atom stereocenters. The summed E-state index contributed by atoms with van der Waals surface area (Å²) in [5.41, 5.74) is 1.23. The van der Waals surface area contributed by atoms with E-state index >= 15 is 0 Å². The lowest BCUT2D eigenvalue weighted by Crippen LogP contribution is -2.30.